The van der Waals surface area contributed by atoms with Gasteiger partial charge in [-0.2, -0.15) is 4.99 Å². The van der Waals surface area contributed by atoms with E-state index in [-0.39, 0.29) is 5.91 Å². The van der Waals surface area contributed by atoms with Gasteiger partial charge in [-0.15, -0.1) is 0 Å². The number of methoxy groups -OCH3 is 2. The number of amides is 2. The molecule has 8 nitrogen and oxygen atoms in total. The summed E-state index contributed by atoms with van der Waals surface area (Å²) in [5, 5.41) is 2.78. The first-order valence-electron chi connectivity index (χ1n) is 9.76. The number of rotatable bonds is 8. The van der Waals surface area contributed by atoms with Crippen molar-refractivity contribution in [2.24, 2.45) is 4.99 Å². The molecule has 0 atom stereocenters. The molecular formula is C22H25N3O5S. The van der Waals surface area contributed by atoms with E-state index in [1.165, 1.54) is 32.5 Å². The zero-order valence-corrected chi connectivity index (χ0v) is 18.7. The van der Waals surface area contributed by atoms with Crippen LogP contribution in [-0.4, -0.2) is 43.8 Å². The molecule has 1 N–H and O–H groups in total. The number of hydrogen-bond donors (Lipinski definition) is 1. The van der Waals surface area contributed by atoms with E-state index in [1.54, 1.807) is 18.2 Å². The summed E-state index contributed by atoms with van der Waals surface area (Å²) in [6.07, 6.45) is 0. The van der Waals surface area contributed by atoms with Crippen LogP contribution in [0.15, 0.2) is 41.4 Å². The SMILES string of the molecule is CCOCCn1c(=NC(=O)c2cc(OC)cc(OC)c2)sc2cc(NC(C)=O)ccc21. The van der Waals surface area contributed by atoms with Crippen molar-refractivity contribution in [2.75, 3.05) is 32.8 Å². The maximum absolute atomic E-state index is 12.9. The van der Waals surface area contributed by atoms with Gasteiger partial charge >= 0.3 is 0 Å². The van der Waals surface area contributed by atoms with E-state index in [1.807, 2.05) is 29.7 Å². The Balaban J connectivity index is 2.07. The summed E-state index contributed by atoms with van der Waals surface area (Å²) in [7, 11) is 3.06. The Kier molecular flexibility index (Phi) is 7.43. The number of nitrogens with one attached hydrogen (secondary N) is 1. The molecular weight excluding hydrogens is 418 g/mol. The number of carbonyl (C=O) groups is 2. The zero-order valence-electron chi connectivity index (χ0n) is 17.9. The first-order chi connectivity index (χ1) is 14.9. The number of carbonyl (C=O) groups excluding carboxylic acids is 2. The van der Waals surface area contributed by atoms with Crippen molar-refractivity contribution in [3.05, 3.63) is 46.8 Å². The molecule has 1 aromatic heterocycles. The molecule has 1 heterocycles. The third-order valence-corrected chi connectivity index (χ3v) is 5.50. The normalized spacial score (nSPS) is 11.5. The Hall–Kier alpha value is -3.17. The summed E-state index contributed by atoms with van der Waals surface area (Å²) < 4.78 is 18.9. The monoisotopic (exact) mass is 443 g/mol. The summed E-state index contributed by atoms with van der Waals surface area (Å²) in [6.45, 7) is 5.03. The number of fused-ring (bicyclic) bond motifs is 1. The topological polar surface area (TPSA) is 91.2 Å². The lowest BCUT2D eigenvalue weighted by atomic mass is 10.2. The van der Waals surface area contributed by atoms with E-state index in [2.05, 4.69) is 10.3 Å². The Morgan fingerprint density at radius 2 is 1.81 bits per heavy atom. The second kappa shape index (κ2) is 10.2. The number of benzene rings is 2. The van der Waals surface area contributed by atoms with Gasteiger partial charge in [0.05, 0.1) is 31.0 Å². The molecule has 0 radical (unpaired) electrons. The Morgan fingerprint density at radius 3 is 2.42 bits per heavy atom. The first kappa shape index (κ1) is 22.5. The highest BCUT2D eigenvalue weighted by Gasteiger charge is 2.12. The maximum Gasteiger partial charge on any atom is 0.279 e. The Morgan fingerprint density at radius 1 is 1.10 bits per heavy atom. The van der Waals surface area contributed by atoms with Gasteiger partial charge in [-0.05, 0) is 37.3 Å². The van der Waals surface area contributed by atoms with E-state index in [4.69, 9.17) is 14.2 Å². The van der Waals surface area contributed by atoms with Crippen LogP contribution in [0.4, 0.5) is 5.69 Å². The molecule has 0 saturated carbocycles. The van der Waals surface area contributed by atoms with Crippen molar-refractivity contribution < 1.29 is 23.8 Å². The summed E-state index contributed by atoms with van der Waals surface area (Å²) in [5.74, 6) is 0.472. The van der Waals surface area contributed by atoms with Crippen LogP contribution in [0.5, 0.6) is 11.5 Å². The van der Waals surface area contributed by atoms with Gasteiger partial charge in [0.1, 0.15) is 11.5 Å². The summed E-state index contributed by atoms with van der Waals surface area (Å²) in [5.41, 5.74) is 1.96. The number of ether oxygens (including phenoxy) is 3. The minimum absolute atomic E-state index is 0.146. The van der Waals surface area contributed by atoms with Gasteiger partial charge in [0.25, 0.3) is 5.91 Å². The fourth-order valence-corrected chi connectivity index (χ4v) is 4.13. The molecule has 9 heteroatoms. The lowest BCUT2D eigenvalue weighted by Crippen LogP contribution is -2.19. The molecule has 0 saturated heterocycles. The second-order valence-electron chi connectivity index (χ2n) is 6.62. The molecule has 0 aliphatic heterocycles. The first-order valence-corrected chi connectivity index (χ1v) is 10.6. The molecule has 0 spiro atoms. The van der Waals surface area contributed by atoms with Crippen LogP contribution in [0.3, 0.4) is 0 Å². The van der Waals surface area contributed by atoms with E-state index in [0.717, 1.165) is 10.2 Å². The van der Waals surface area contributed by atoms with Gasteiger partial charge in [-0.1, -0.05) is 11.3 Å². The molecule has 164 valence electrons. The van der Waals surface area contributed by atoms with Crippen molar-refractivity contribution in [2.45, 2.75) is 20.4 Å². The summed E-state index contributed by atoms with van der Waals surface area (Å²) >= 11 is 1.37. The van der Waals surface area contributed by atoms with Crippen molar-refractivity contribution in [1.82, 2.24) is 4.57 Å². The third-order valence-electron chi connectivity index (χ3n) is 4.46. The van der Waals surface area contributed by atoms with Crippen molar-refractivity contribution in [1.29, 1.82) is 0 Å². The summed E-state index contributed by atoms with van der Waals surface area (Å²) in [6, 6.07) is 10.5. The second-order valence-corrected chi connectivity index (χ2v) is 7.62. The average Bonchev–Trinajstić information content (AvgIpc) is 3.09. The van der Waals surface area contributed by atoms with Gasteiger partial charge in [0.15, 0.2) is 4.80 Å². The van der Waals surface area contributed by atoms with Crippen LogP contribution >= 0.6 is 11.3 Å². The van der Waals surface area contributed by atoms with Crippen LogP contribution in [0.2, 0.25) is 0 Å². The minimum atomic E-state index is -0.406. The van der Waals surface area contributed by atoms with E-state index >= 15 is 0 Å². The fourth-order valence-electron chi connectivity index (χ4n) is 3.04. The fraction of sp³-hybridized carbons (Fsp3) is 0.318. The molecule has 31 heavy (non-hydrogen) atoms. The van der Waals surface area contributed by atoms with Gasteiger partial charge < -0.3 is 24.1 Å². The average molecular weight is 444 g/mol. The minimum Gasteiger partial charge on any atom is -0.497 e. The number of hydrogen-bond acceptors (Lipinski definition) is 6. The predicted octanol–water partition coefficient (Wildman–Crippen LogP) is 3.46. The molecule has 2 aromatic carbocycles. The van der Waals surface area contributed by atoms with Crippen LogP contribution in [0, 0.1) is 0 Å². The lowest BCUT2D eigenvalue weighted by Gasteiger charge is -2.07. The highest BCUT2D eigenvalue weighted by Crippen LogP contribution is 2.24. The van der Waals surface area contributed by atoms with Crippen LogP contribution < -0.4 is 19.6 Å². The molecule has 3 rings (SSSR count). The van der Waals surface area contributed by atoms with Gasteiger partial charge in [0, 0.05) is 37.4 Å². The predicted molar refractivity (Wildman–Crippen MR) is 120 cm³/mol. The highest BCUT2D eigenvalue weighted by atomic mass is 32.1. The van der Waals surface area contributed by atoms with Gasteiger partial charge in [0.2, 0.25) is 5.91 Å². The molecule has 0 aliphatic carbocycles. The smallest absolute Gasteiger partial charge is 0.279 e. The largest absolute Gasteiger partial charge is 0.497 e. The summed E-state index contributed by atoms with van der Waals surface area (Å²) in [4.78, 5) is 29.3. The molecule has 0 fully saturated rings. The zero-order chi connectivity index (χ0) is 22.4. The van der Waals surface area contributed by atoms with Crippen molar-refractivity contribution >= 4 is 39.1 Å². The van der Waals surface area contributed by atoms with E-state index in [9.17, 15) is 9.59 Å². The van der Waals surface area contributed by atoms with Gasteiger partial charge in [-0.25, -0.2) is 0 Å². The number of anilines is 1. The highest BCUT2D eigenvalue weighted by molar-refractivity contribution is 7.16. The number of aromatic nitrogens is 1. The lowest BCUT2D eigenvalue weighted by molar-refractivity contribution is -0.114. The van der Waals surface area contributed by atoms with Crippen LogP contribution in [0.25, 0.3) is 10.2 Å². The molecule has 0 aliphatic rings. The van der Waals surface area contributed by atoms with Gasteiger partial charge in [-0.3, -0.25) is 9.59 Å². The number of thiazole rings is 1. The molecule has 2 amide bonds. The molecule has 0 bridgehead atoms. The van der Waals surface area contributed by atoms with E-state index < -0.39 is 5.91 Å². The van der Waals surface area contributed by atoms with Crippen LogP contribution in [0.1, 0.15) is 24.2 Å². The number of nitrogens with zero attached hydrogens (tertiary/aromatic N) is 2. The third kappa shape index (κ3) is 5.50. The van der Waals surface area contributed by atoms with Crippen molar-refractivity contribution in [3.63, 3.8) is 0 Å². The maximum atomic E-state index is 12.9. The quantitative estimate of drug-likeness (QED) is 0.539. The Labute approximate surface area is 184 Å². The molecule has 0 unspecified atom stereocenters. The Bertz CT molecular complexity index is 1140. The molecule has 3 aromatic rings. The standard InChI is InChI=1S/C22H25N3O5S/c1-5-30-9-8-25-19-7-6-16(23-14(2)26)12-20(19)31-22(25)24-21(27)15-10-17(28-3)13-18(11-15)29-4/h6-7,10-13H,5,8-9H2,1-4H3,(H,23,26). The van der Waals surface area contributed by atoms with Crippen LogP contribution in [-0.2, 0) is 16.1 Å². The van der Waals surface area contributed by atoms with Crippen molar-refractivity contribution in [3.8, 4) is 11.5 Å². The van der Waals surface area contributed by atoms with E-state index in [0.29, 0.717) is 47.3 Å².